The highest BCUT2D eigenvalue weighted by Crippen LogP contribution is 2.45. The number of carbonyl (C=O) groups is 1. The molecule has 1 aliphatic rings. The number of nitrogens with zero attached hydrogens (tertiary/aromatic N) is 2. The lowest BCUT2D eigenvalue weighted by atomic mass is 9.95. The number of methoxy groups -OCH3 is 2. The second kappa shape index (κ2) is 11.2. The van der Waals surface area contributed by atoms with E-state index < -0.39 is 23.0 Å². The Morgan fingerprint density at radius 2 is 1.97 bits per heavy atom. The number of rotatable bonds is 8. The van der Waals surface area contributed by atoms with Crippen molar-refractivity contribution in [2.75, 3.05) is 27.3 Å². The largest absolute Gasteiger partial charge is 0.506 e. The van der Waals surface area contributed by atoms with E-state index in [0.717, 1.165) is 12.8 Å². The highest BCUT2D eigenvalue weighted by Gasteiger charge is 2.34. The molecular formula is C27H29ClFN3O5. The first-order valence-electron chi connectivity index (χ1n) is 12.1. The van der Waals surface area contributed by atoms with Crippen LogP contribution in [0, 0.1) is 5.82 Å². The molecule has 1 saturated heterocycles. The highest BCUT2D eigenvalue weighted by molar-refractivity contribution is 6.30. The van der Waals surface area contributed by atoms with Gasteiger partial charge in [0.2, 0.25) is 0 Å². The van der Waals surface area contributed by atoms with E-state index in [1.54, 1.807) is 18.2 Å². The Morgan fingerprint density at radius 3 is 2.59 bits per heavy atom. The summed E-state index contributed by atoms with van der Waals surface area (Å²) in [6.07, 6.45) is 3.90. The fourth-order valence-corrected chi connectivity index (χ4v) is 4.94. The lowest BCUT2D eigenvalue weighted by Crippen LogP contribution is -2.33. The number of aromatic hydroxyl groups is 1. The van der Waals surface area contributed by atoms with E-state index in [9.17, 15) is 19.1 Å². The SMILES string of the molecule is CCCCc1[nH]c(=O)c(C(=O)N2CCC(c3ncc(Cl)cc3F)C2)c(O)c1-c1c(OC)cccc1OC. The fourth-order valence-electron chi connectivity index (χ4n) is 4.80. The van der Waals surface area contributed by atoms with Crippen LogP contribution in [0.1, 0.15) is 53.8 Å². The minimum absolute atomic E-state index is 0.147. The number of carbonyl (C=O) groups excluding carboxylic acids is 1. The Hall–Kier alpha value is -3.59. The van der Waals surface area contributed by atoms with Crippen molar-refractivity contribution in [3.8, 4) is 28.4 Å². The molecule has 196 valence electrons. The summed E-state index contributed by atoms with van der Waals surface area (Å²) in [5.74, 6) is -1.15. The van der Waals surface area contributed by atoms with Crippen molar-refractivity contribution in [3.63, 3.8) is 0 Å². The number of hydrogen-bond donors (Lipinski definition) is 2. The van der Waals surface area contributed by atoms with Gasteiger partial charge in [-0.05, 0) is 37.5 Å². The van der Waals surface area contributed by atoms with Crippen LogP contribution < -0.4 is 15.0 Å². The Balaban J connectivity index is 1.78. The number of aryl methyl sites for hydroxylation is 1. The van der Waals surface area contributed by atoms with E-state index in [-0.39, 0.29) is 40.9 Å². The van der Waals surface area contributed by atoms with E-state index in [4.69, 9.17) is 21.1 Å². The Kier molecular flexibility index (Phi) is 8.02. The Morgan fingerprint density at radius 1 is 1.27 bits per heavy atom. The number of H-pyrrole nitrogens is 1. The zero-order chi connectivity index (χ0) is 26.7. The number of pyridine rings is 2. The molecule has 1 aliphatic heterocycles. The summed E-state index contributed by atoms with van der Waals surface area (Å²) >= 11 is 5.82. The smallest absolute Gasteiger partial charge is 0.264 e. The Bertz CT molecular complexity index is 1350. The predicted molar refractivity (Wildman–Crippen MR) is 138 cm³/mol. The third-order valence-corrected chi connectivity index (χ3v) is 6.84. The molecule has 0 bridgehead atoms. The van der Waals surface area contributed by atoms with Gasteiger partial charge in [-0.1, -0.05) is 31.0 Å². The number of halogens is 2. The second-order valence-electron chi connectivity index (χ2n) is 8.93. The van der Waals surface area contributed by atoms with Gasteiger partial charge in [0.05, 0.1) is 36.1 Å². The molecule has 8 nitrogen and oxygen atoms in total. The molecule has 1 unspecified atom stereocenters. The van der Waals surface area contributed by atoms with Crippen LogP contribution in [0.5, 0.6) is 17.2 Å². The van der Waals surface area contributed by atoms with Crippen molar-refractivity contribution in [2.24, 2.45) is 0 Å². The topological polar surface area (TPSA) is 105 Å². The second-order valence-corrected chi connectivity index (χ2v) is 9.37. The van der Waals surface area contributed by atoms with Gasteiger partial charge in [-0.2, -0.15) is 0 Å². The third kappa shape index (κ3) is 5.13. The van der Waals surface area contributed by atoms with Gasteiger partial charge in [0.1, 0.15) is 28.6 Å². The van der Waals surface area contributed by atoms with E-state index in [1.165, 1.54) is 31.4 Å². The molecule has 0 spiro atoms. The maximum absolute atomic E-state index is 14.4. The van der Waals surface area contributed by atoms with Crippen LogP contribution in [-0.2, 0) is 6.42 Å². The standard InChI is InChI=1S/C27H29ClFN3O5/c1-4-5-7-18-21(22-19(36-2)8-6-9-20(22)37-3)25(33)23(26(34)31-18)27(35)32-11-10-15(14-32)24-17(29)12-16(28)13-30-24/h6,8-9,12-13,15H,4-5,7,10-11,14H2,1-3H3,(H2,31,33,34). The van der Waals surface area contributed by atoms with Crippen LogP contribution in [-0.4, -0.2) is 53.2 Å². The summed E-state index contributed by atoms with van der Waals surface area (Å²) in [4.78, 5) is 35.1. The lowest BCUT2D eigenvalue weighted by molar-refractivity contribution is 0.0785. The average Bonchev–Trinajstić information content (AvgIpc) is 3.37. The van der Waals surface area contributed by atoms with Gasteiger partial charge < -0.3 is 24.5 Å². The molecule has 0 radical (unpaired) electrons. The van der Waals surface area contributed by atoms with Gasteiger partial charge in [0.25, 0.3) is 11.5 Å². The van der Waals surface area contributed by atoms with Crippen molar-refractivity contribution >= 4 is 17.5 Å². The van der Waals surface area contributed by atoms with E-state index in [1.807, 2.05) is 6.92 Å². The van der Waals surface area contributed by atoms with Gasteiger partial charge in [0, 0.05) is 30.9 Å². The summed E-state index contributed by atoms with van der Waals surface area (Å²) in [5.41, 5.74) is 0.349. The molecule has 3 aromatic rings. The molecule has 1 atom stereocenters. The zero-order valence-electron chi connectivity index (χ0n) is 20.9. The van der Waals surface area contributed by atoms with Gasteiger partial charge in [0.15, 0.2) is 0 Å². The molecule has 0 aliphatic carbocycles. The molecule has 2 N–H and O–H groups in total. The van der Waals surface area contributed by atoms with Crippen molar-refractivity contribution < 1.29 is 23.8 Å². The number of ether oxygens (including phenoxy) is 2. The van der Waals surface area contributed by atoms with Crippen molar-refractivity contribution in [1.82, 2.24) is 14.9 Å². The average molecular weight is 530 g/mol. The van der Waals surface area contributed by atoms with E-state index >= 15 is 0 Å². The quantitative estimate of drug-likeness (QED) is 0.429. The number of likely N-dealkylation sites (tertiary alicyclic amines) is 1. The normalized spacial score (nSPS) is 15.2. The van der Waals surface area contributed by atoms with Crippen LogP contribution in [0.2, 0.25) is 5.02 Å². The molecule has 3 heterocycles. The van der Waals surface area contributed by atoms with Gasteiger partial charge in [-0.3, -0.25) is 14.6 Å². The monoisotopic (exact) mass is 529 g/mol. The van der Waals surface area contributed by atoms with Crippen LogP contribution >= 0.6 is 11.6 Å². The summed E-state index contributed by atoms with van der Waals surface area (Å²) in [6.45, 7) is 2.44. The van der Waals surface area contributed by atoms with Crippen LogP contribution in [0.4, 0.5) is 4.39 Å². The van der Waals surface area contributed by atoms with Crippen LogP contribution in [0.25, 0.3) is 11.1 Å². The van der Waals surface area contributed by atoms with Crippen LogP contribution in [0.15, 0.2) is 35.3 Å². The minimum Gasteiger partial charge on any atom is -0.506 e. The molecule has 1 amide bonds. The lowest BCUT2D eigenvalue weighted by Gasteiger charge is -2.21. The number of nitrogens with one attached hydrogen (secondary N) is 1. The molecule has 4 rings (SSSR count). The molecule has 1 aromatic carbocycles. The van der Waals surface area contributed by atoms with E-state index in [0.29, 0.717) is 35.6 Å². The summed E-state index contributed by atoms with van der Waals surface area (Å²) in [7, 11) is 2.99. The number of benzene rings is 1. The molecular weight excluding hydrogens is 501 g/mol. The number of aromatic nitrogens is 2. The molecule has 1 fully saturated rings. The summed E-state index contributed by atoms with van der Waals surface area (Å²) in [6, 6.07) is 6.36. The van der Waals surface area contributed by atoms with Gasteiger partial charge >= 0.3 is 0 Å². The zero-order valence-corrected chi connectivity index (χ0v) is 21.7. The first kappa shape index (κ1) is 26.5. The summed E-state index contributed by atoms with van der Waals surface area (Å²) < 4.78 is 25.5. The third-order valence-electron chi connectivity index (χ3n) is 6.64. The number of unbranched alkanes of at least 4 members (excludes halogenated alkanes) is 1. The highest BCUT2D eigenvalue weighted by atomic mass is 35.5. The summed E-state index contributed by atoms with van der Waals surface area (Å²) in [5, 5.41) is 11.7. The van der Waals surface area contributed by atoms with Gasteiger partial charge in [-0.15, -0.1) is 0 Å². The Labute approximate surface area is 219 Å². The molecule has 2 aromatic heterocycles. The van der Waals surface area contributed by atoms with Crippen molar-refractivity contribution in [1.29, 1.82) is 0 Å². The molecule has 0 saturated carbocycles. The van der Waals surface area contributed by atoms with Gasteiger partial charge in [-0.25, -0.2) is 4.39 Å². The first-order valence-corrected chi connectivity index (χ1v) is 12.5. The first-order chi connectivity index (χ1) is 17.8. The maximum Gasteiger partial charge on any atom is 0.264 e. The van der Waals surface area contributed by atoms with Crippen molar-refractivity contribution in [3.05, 3.63) is 68.6 Å². The van der Waals surface area contributed by atoms with E-state index in [2.05, 4.69) is 9.97 Å². The number of hydrogen-bond acceptors (Lipinski definition) is 6. The van der Waals surface area contributed by atoms with Crippen LogP contribution in [0.3, 0.4) is 0 Å². The predicted octanol–water partition coefficient (Wildman–Crippen LogP) is 4.92. The van der Waals surface area contributed by atoms with Crippen molar-refractivity contribution in [2.45, 2.75) is 38.5 Å². The fraction of sp³-hybridized carbons (Fsp3) is 0.370. The maximum atomic E-state index is 14.4. The number of amides is 1. The number of aromatic amines is 1. The minimum atomic E-state index is -0.689. The molecule has 37 heavy (non-hydrogen) atoms. The molecule has 10 heteroatoms.